The molecule has 1 aromatic carbocycles. The van der Waals surface area contributed by atoms with Gasteiger partial charge in [0.2, 0.25) is 0 Å². The highest BCUT2D eigenvalue weighted by atomic mass is 19.3. The molecule has 1 heterocycles. The second-order valence-corrected chi connectivity index (χ2v) is 4.93. The van der Waals surface area contributed by atoms with Crippen LogP contribution in [0, 0.1) is 0 Å². The van der Waals surface area contributed by atoms with Crippen LogP contribution < -0.4 is 5.73 Å². The van der Waals surface area contributed by atoms with Crippen LogP contribution in [0.25, 0.3) is 0 Å². The Kier molecular flexibility index (Phi) is 4.30. The maximum absolute atomic E-state index is 13.8. The Morgan fingerprint density at radius 1 is 1.22 bits per heavy atom. The molecule has 0 saturated carbocycles. The lowest BCUT2D eigenvalue weighted by Gasteiger charge is -2.39. The van der Waals surface area contributed by atoms with Gasteiger partial charge in [-0.15, -0.1) is 0 Å². The SMILES string of the molecule is NCC(F)(F)C1CCCCN1Cc1ccccc1. The van der Waals surface area contributed by atoms with Gasteiger partial charge < -0.3 is 5.73 Å². The first kappa shape index (κ1) is 13.4. The molecular formula is C14H20F2N2. The van der Waals surface area contributed by atoms with E-state index in [4.69, 9.17) is 5.73 Å². The maximum Gasteiger partial charge on any atom is 0.275 e. The molecule has 1 aromatic rings. The second-order valence-electron chi connectivity index (χ2n) is 4.93. The lowest BCUT2D eigenvalue weighted by Crippen LogP contribution is -2.53. The van der Waals surface area contributed by atoms with Gasteiger partial charge in [-0.1, -0.05) is 36.8 Å². The molecule has 1 aliphatic heterocycles. The number of hydrogen-bond acceptors (Lipinski definition) is 2. The fourth-order valence-electron chi connectivity index (χ4n) is 2.61. The molecule has 0 amide bonds. The van der Waals surface area contributed by atoms with Gasteiger partial charge in [0.15, 0.2) is 0 Å². The number of hydrogen-bond donors (Lipinski definition) is 1. The van der Waals surface area contributed by atoms with Crippen LogP contribution in [-0.2, 0) is 6.54 Å². The standard InChI is InChI=1S/C14H20F2N2/c15-14(16,11-17)13-8-4-5-9-18(13)10-12-6-2-1-3-7-12/h1-3,6-7,13H,4-5,8-11,17H2. The van der Waals surface area contributed by atoms with Crippen LogP contribution in [-0.4, -0.2) is 30.0 Å². The van der Waals surface area contributed by atoms with E-state index in [1.165, 1.54) is 0 Å². The highest BCUT2D eigenvalue weighted by molar-refractivity contribution is 5.15. The molecule has 1 aliphatic rings. The van der Waals surface area contributed by atoms with E-state index in [0.29, 0.717) is 13.0 Å². The van der Waals surface area contributed by atoms with Gasteiger partial charge in [-0.2, -0.15) is 0 Å². The zero-order valence-electron chi connectivity index (χ0n) is 10.5. The van der Waals surface area contributed by atoms with Crippen molar-refractivity contribution < 1.29 is 8.78 Å². The monoisotopic (exact) mass is 254 g/mol. The van der Waals surface area contributed by atoms with Gasteiger partial charge in [-0.05, 0) is 24.9 Å². The van der Waals surface area contributed by atoms with Crippen molar-refractivity contribution in [3.63, 3.8) is 0 Å². The molecular weight excluding hydrogens is 234 g/mol. The number of piperidine rings is 1. The fourth-order valence-corrected chi connectivity index (χ4v) is 2.61. The van der Waals surface area contributed by atoms with E-state index in [-0.39, 0.29) is 0 Å². The Bertz CT molecular complexity index is 367. The minimum absolute atomic E-state index is 0.539. The van der Waals surface area contributed by atoms with Gasteiger partial charge in [0.25, 0.3) is 5.92 Å². The summed E-state index contributed by atoms with van der Waals surface area (Å²) < 4.78 is 27.6. The van der Waals surface area contributed by atoms with Crippen molar-refractivity contribution in [2.24, 2.45) is 5.73 Å². The summed E-state index contributed by atoms with van der Waals surface area (Å²) in [5.41, 5.74) is 6.30. The van der Waals surface area contributed by atoms with Crippen LogP contribution in [0.3, 0.4) is 0 Å². The number of nitrogens with two attached hydrogens (primary N) is 1. The van der Waals surface area contributed by atoms with Crippen LogP contribution in [0.5, 0.6) is 0 Å². The Morgan fingerprint density at radius 2 is 1.94 bits per heavy atom. The van der Waals surface area contributed by atoms with E-state index in [1.54, 1.807) is 0 Å². The Morgan fingerprint density at radius 3 is 2.61 bits per heavy atom. The van der Waals surface area contributed by atoms with Crippen LogP contribution in [0.4, 0.5) is 8.78 Å². The van der Waals surface area contributed by atoms with Crippen molar-refractivity contribution in [1.82, 2.24) is 4.90 Å². The number of rotatable bonds is 4. The van der Waals surface area contributed by atoms with Gasteiger partial charge in [0, 0.05) is 6.54 Å². The fraction of sp³-hybridized carbons (Fsp3) is 0.571. The number of benzene rings is 1. The van der Waals surface area contributed by atoms with Crippen LogP contribution in [0.2, 0.25) is 0 Å². The average Bonchev–Trinajstić information content (AvgIpc) is 2.40. The predicted octanol–water partition coefficient (Wildman–Crippen LogP) is 2.64. The van der Waals surface area contributed by atoms with Gasteiger partial charge in [-0.3, -0.25) is 4.90 Å². The largest absolute Gasteiger partial charge is 0.325 e. The molecule has 2 N–H and O–H groups in total. The third-order valence-electron chi connectivity index (χ3n) is 3.60. The summed E-state index contributed by atoms with van der Waals surface area (Å²) in [5, 5.41) is 0. The van der Waals surface area contributed by atoms with Gasteiger partial charge >= 0.3 is 0 Å². The van der Waals surface area contributed by atoms with Crippen LogP contribution >= 0.6 is 0 Å². The summed E-state index contributed by atoms with van der Waals surface area (Å²) in [6.45, 7) is 0.749. The second kappa shape index (κ2) is 5.76. The summed E-state index contributed by atoms with van der Waals surface area (Å²) in [5.74, 6) is -2.78. The van der Waals surface area contributed by atoms with E-state index in [1.807, 2.05) is 35.2 Å². The van der Waals surface area contributed by atoms with E-state index in [0.717, 1.165) is 24.9 Å². The molecule has 4 heteroatoms. The van der Waals surface area contributed by atoms with Crippen molar-refractivity contribution in [2.75, 3.05) is 13.1 Å². The lowest BCUT2D eigenvalue weighted by molar-refractivity contribution is -0.0895. The van der Waals surface area contributed by atoms with E-state index in [2.05, 4.69) is 0 Å². The molecule has 0 aromatic heterocycles. The van der Waals surface area contributed by atoms with Crippen LogP contribution in [0.15, 0.2) is 30.3 Å². The molecule has 2 nitrogen and oxygen atoms in total. The first-order valence-corrected chi connectivity index (χ1v) is 6.49. The van der Waals surface area contributed by atoms with Gasteiger partial charge in [0.05, 0.1) is 12.6 Å². The van der Waals surface area contributed by atoms with E-state index < -0.39 is 18.5 Å². The summed E-state index contributed by atoms with van der Waals surface area (Å²) in [7, 11) is 0. The molecule has 0 spiro atoms. The van der Waals surface area contributed by atoms with Crippen LogP contribution in [0.1, 0.15) is 24.8 Å². The topological polar surface area (TPSA) is 29.3 Å². The molecule has 18 heavy (non-hydrogen) atoms. The Hall–Kier alpha value is -1.00. The Labute approximate surface area is 107 Å². The predicted molar refractivity (Wildman–Crippen MR) is 68.5 cm³/mol. The molecule has 100 valence electrons. The molecule has 0 aliphatic carbocycles. The smallest absolute Gasteiger partial charge is 0.275 e. The molecule has 1 saturated heterocycles. The normalized spacial score (nSPS) is 22.1. The van der Waals surface area contributed by atoms with Gasteiger partial charge in [-0.25, -0.2) is 8.78 Å². The third kappa shape index (κ3) is 3.06. The first-order chi connectivity index (χ1) is 8.63. The van der Waals surface area contributed by atoms with E-state index in [9.17, 15) is 8.78 Å². The molecule has 0 radical (unpaired) electrons. The van der Waals surface area contributed by atoms with E-state index >= 15 is 0 Å². The average molecular weight is 254 g/mol. The lowest BCUT2D eigenvalue weighted by atomic mass is 9.96. The maximum atomic E-state index is 13.8. The molecule has 1 fully saturated rings. The first-order valence-electron chi connectivity index (χ1n) is 6.49. The minimum atomic E-state index is -2.78. The highest BCUT2D eigenvalue weighted by Crippen LogP contribution is 2.31. The molecule has 0 bridgehead atoms. The summed E-state index contributed by atoms with van der Waals surface area (Å²) in [4.78, 5) is 1.88. The van der Waals surface area contributed by atoms with Crippen molar-refractivity contribution in [3.8, 4) is 0 Å². The summed E-state index contributed by atoms with van der Waals surface area (Å²) in [6.07, 6.45) is 2.40. The van der Waals surface area contributed by atoms with Crippen molar-refractivity contribution in [3.05, 3.63) is 35.9 Å². The summed E-state index contributed by atoms with van der Waals surface area (Å²) in [6, 6.07) is 9.06. The molecule has 1 atom stereocenters. The van der Waals surface area contributed by atoms with Gasteiger partial charge in [0.1, 0.15) is 0 Å². The van der Waals surface area contributed by atoms with Crippen molar-refractivity contribution >= 4 is 0 Å². The van der Waals surface area contributed by atoms with Crippen molar-refractivity contribution in [1.29, 1.82) is 0 Å². The highest BCUT2D eigenvalue weighted by Gasteiger charge is 2.42. The number of halogens is 2. The number of alkyl halides is 2. The number of nitrogens with zero attached hydrogens (tertiary/aromatic N) is 1. The molecule has 1 unspecified atom stereocenters. The third-order valence-corrected chi connectivity index (χ3v) is 3.60. The van der Waals surface area contributed by atoms with Crippen molar-refractivity contribution in [2.45, 2.75) is 37.8 Å². The number of likely N-dealkylation sites (tertiary alicyclic amines) is 1. The summed E-state index contributed by atoms with van der Waals surface area (Å²) >= 11 is 0. The Balaban J connectivity index is 2.09. The minimum Gasteiger partial charge on any atom is -0.325 e. The quantitative estimate of drug-likeness (QED) is 0.895. The zero-order chi connectivity index (χ0) is 13.0. The zero-order valence-corrected chi connectivity index (χ0v) is 10.5. The molecule has 2 rings (SSSR count).